The second-order valence-electron chi connectivity index (χ2n) is 10.9. The first kappa shape index (κ1) is 25.0. The standard InChI is InChI=1S/C32H32O5/c1-29(2,3)35-27(33)19-20-30(21-24-13-7-4-8-14-24)32(23-26-17-11-6-12-18-26)31(37-32,28(34)36-30)22-25-15-9-5-10-16-25/h4-20H,21-23H2,1-3H3/b20-19-/t30-,31-,32+/m1/s1. The van der Waals surface area contributed by atoms with E-state index < -0.39 is 34.3 Å². The van der Waals surface area contributed by atoms with E-state index in [-0.39, 0.29) is 0 Å². The van der Waals surface area contributed by atoms with Gasteiger partial charge in [0.15, 0.2) is 11.2 Å². The van der Waals surface area contributed by atoms with E-state index in [1.807, 2.05) is 112 Å². The Morgan fingerprint density at radius 3 is 1.78 bits per heavy atom. The highest BCUT2D eigenvalue weighted by molar-refractivity contribution is 5.91. The number of epoxide rings is 1. The molecule has 190 valence electrons. The van der Waals surface area contributed by atoms with E-state index in [1.165, 1.54) is 6.08 Å². The highest BCUT2D eigenvalue weighted by atomic mass is 16.7. The maximum absolute atomic E-state index is 13.7. The number of hydrogen-bond donors (Lipinski definition) is 0. The summed E-state index contributed by atoms with van der Waals surface area (Å²) >= 11 is 0. The first-order valence-corrected chi connectivity index (χ1v) is 12.6. The lowest BCUT2D eigenvalue weighted by Crippen LogP contribution is -2.48. The van der Waals surface area contributed by atoms with Crippen LogP contribution in [-0.2, 0) is 43.1 Å². The fourth-order valence-electron chi connectivity index (χ4n) is 5.43. The summed E-state index contributed by atoms with van der Waals surface area (Å²) in [5.41, 5.74) is -1.01. The van der Waals surface area contributed by atoms with Gasteiger partial charge < -0.3 is 14.2 Å². The highest BCUT2D eigenvalue weighted by Gasteiger charge is 2.88. The van der Waals surface area contributed by atoms with Gasteiger partial charge in [0.2, 0.25) is 5.60 Å². The molecule has 0 radical (unpaired) electrons. The van der Waals surface area contributed by atoms with Crippen LogP contribution in [0.25, 0.3) is 0 Å². The van der Waals surface area contributed by atoms with Gasteiger partial charge in [-0.1, -0.05) is 91.0 Å². The second kappa shape index (κ2) is 9.31. The molecular formula is C32H32O5. The number of rotatable bonds is 8. The maximum atomic E-state index is 13.7. The van der Waals surface area contributed by atoms with Crippen molar-refractivity contribution in [3.8, 4) is 0 Å². The minimum absolute atomic E-state index is 0.363. The molecule has 5 rings (SSSR count). The second-order valence-corrected chi connectivity index (χ2v) is 10.9. The lowest BCUT2D eigenvalue weighted by molar-refractivity contribution is -0.163. The summed E-state index contributed by atoms with van der Waals surface area (Å²) in [6.07, 6.45) is 4.28. The molecule has 5 nitrogen and oxygen atoms in total. The molecule has 0 unspecified atom stereocenters. The molecular weight excluding hydrogens is 464 g/mol. The molecule has 2 heterocycles. The van der Waals surface area contributed by atoms with Gasteiger partial charge in [0, 0.05) is 25.3 Å². The van der Waals surface area contributed by atoms with E-state index in [1.54, 1.807) is 6.08 Å². The average molecular weight is 497 g/mol. The monoisotopic (exact) mass is 496 g/mol. The van der Waals surface area contributed by atoms with E-state index in [0.29, 0.717) is 19.3 Å². The average Bonchev–Trinajstić information content (AvgIpc) is 3.47. The van der Waals surface area contributed by atoms with Crippen LogP contribution in [0, 0.1) is 0 Å². The number of esters is 2. The van der Waals surface area contributed by atoms with Crippen molar-refractivity contribution in [1.82, 2.24) is 0 Å². The molecule has 0 aromatic heterocycles. The third kappa shape index (κ3) is 4.72. The van der Waals surface area contributed by atoms with Crippen molar-refractivity contribution in [2.24, 2.45) is 0 Å². The molecule has 3 atom stereocenters. The van der Waals surface area contributed by atoms with Crippen LogP contribution < -0.4 is 0 Å². The van der Waals surface area contributed by atoms with Crippen molar-refractivity contribution >= 4 is 11.9 Å². The van der Waals surface area contributed by atoms with Crippen LogP contribution in [0.4, 0.5) is 0 Å². The number of fused-ring (bicyclic) bond motifs is 1. The van der Waals surface area contributed by atoms with Gasteiger partial charge in [-0.05, 0) is 43.5 Å². The SMILES string of the molecule is CC(C)(C)OC(=O)/C=C\[C@]1(Cc2ccccc2)OC(=O)[C@@]2(Cc3ccccc3)O[C@@]12Cc1ccccc1. The topological polar surface area (TPSA) is 65.1 Å². The van der Waals surface area contributed by atoms with Crippen LogP contribution in [0.3, 0.4) is 0 Å². The van der Waals surface area contributed by atoms with Crippen molar-refractivity contribution in [2.75, 3.05) is 0 Å². The number of cyclic esters (lactones) is 1. The number of carbonyl (C=O) groups excluding carboxylic acids is 2. The number of carbonyl (C=O) groups is 2. The number of hydrogen-bond acceptors (Lipinski definition) is 5. The summed E-state index contributed by atoms with van der Waals surface area (Å²) < 4.78 is 18.4. The van der Waals surface area contributed by atoms with Gasteiger partial charge in [0.25, 0.3) is 0 Å². The molecule has 0 N–H and O–H groups in total. The lowest BCUT2D eigenvalue weighted by atomic mass is 9.72. The van der Waals surface area contributed by atoms with Crippen molar-refractivity contribution < 1.29 is 23.8 Å². The molecule has 2 saturated heterocycles. The van der Waals surface area contributed by atoms with Gasteiger partial charge in [-0.2, -0.15) is 0 Å². The first-order chi connectivity index (χ1) is 17.7. The van der Waals surface area contributed by atoms with Crippen molar-refractivity contribution in [1.29, 1.82) is 0 Å². The Morgan fingerprint density at radius 2 is 1.27 bits per heavy atom. The van der Waals surface area contributed by atoms with Crippen LogP contribution in [0.2, 0.25) is 0 Å². The third-order valence-corrected chi connectivity index (χ3v) is 7.04. The Hall–Kier alpha value is -3.70. The Labute approximate surface area is 218 Å². The van der Waals surface area contributed by atoms with Gasteiger partial charge >= 0.3 is 11.9 Å². The summed E-state index contributed by atoms with van der Waals surface area (Å²) in [6, 6.07) is 29.6. The van der Waals surface area contributed by atoms with E-state index >= 15 is 0 Å². The van der Waals surface area contributed by atoms with Gasteiger partial charge in [-0.3, -0.25) is 0 Å². The van der Waals surface area contributed by atoms with Gasteiger partial charge in [0.1, 0.15) is 5.60 Å². The van der Waals surface area contributed by atoms with Crippen LogP contribution in [-0.4, -0.2) is 34.3 Å². The van der Waals surface area contributed by atoms with Crippen molar-refractivity contribution in [3.63, 3.8) is 0 Å². The summed E-state index contributed by atoms with van der Waals surface area (Å²) in [5, 5.41) is 0. The smallest absolute Gasteiger partial charge is 0.343 e. The molecule has 2 aliphatic rings. The Balaban J connectivity index is 1.61. The minimum atomic E-state index is -1.20. The summed E-state index contributed by atoms with van der Waals surface area (Å²) in [5.74, 6) is -0.899. The molecule has 0 saturated carbocycles. The largest absolute Gasteiger partial charge is 0.457 e. The number of ether oxygens (including phenoxy) is 3. The minimum Gasteiger partial charge on any atom is -0.457 e. The Kier molecular flexibility index (Phi) is 6.28. The molecule has 3 aromatic carbocycles. The molecule has 0 spiro atoms. The van der Waals surface area contributed by atoms with Crippen LogP contribution in [0.1, 0.15) is 37.5 Å². The zero-order valence-corrected chi connectivity index (χ0v) is 21.5. The van der Waals surface area contributed by atoms with E-state index in [9.17, 15) is 9.59 Å². The van der Waals surface area contributed by atoms with Crippen LogP contribution >= 0.6 is 0 Å². The molecule has 0 bridgehead atoms. The number of benzene rings is 3. The van der Waals surface area contributed by atoms with Gasteiger partial charge in [0.05, 0.1) is 0 Å². The molecule has 0 aliphatic carbocycles. The van der Waals surface area contributed by atoms with E-state index in [0.717, 1.165) is 16.7 Å². The maximum Gasteiger partial charge on any atom is 0.343 e. The summed E-state index contributed by atoms with van der Waals surface area (Å²) in [4.78, 5) is 26.5. The molecule has 3 aromatic rings. The predicted molar refractivity (Wildman–Crippen MR) is 141 cm³/mol. The first-order valence-electron chi connectivity index (χ1n) is 12.6. The van der Waals surface area contributed by atoms with Crippen molar-refractivity contribution in [3.05, 3.63) is 120 Å². The lowest BCUT2D eigenvalue weighted by Gasteiger charge is -2.33. The molecule has 5 heteroatoms. The van der Waals surface area contributed by atoms with E-state index in [2.05, 4.69) is 0 Å². The normalized spacial score (nSPS) is 26.5. The Bertz CT molecular complexity index is 1300. The molecule has 37 heavy (non-hydrogen) atoms. The van der Waals surface area contributed by atoms with Crippen LogP contribution in [0.15, 0.2) is 103 Å². The van der Waals surface area contributed by atoms with Crippen LogP contribution in [0.5, 0.6) is 0 Å². The molecule has 2 aliphatic heterocycles. The van der Waals surface area contributed by atoms with Crippen molar-refractivity contribution in [2.45, 2.75) is 62.4 Å². The summed E-state index contributed by atoms with van der Waals surface area (Å²) in [7, 11) is 0. The Morgan fingerprint density at radius 1 is 0.784 bits per heavy atom. The molecule has 2 fully saturated rings. The third-order valence-electron chi connectivity index (χ3n) is 7.04. The van der Waals surface area contributed by atoms with E-state index in [4.69, 9.17) is 14.2 Å². The quantitative estimate of drug-likeness (QED) is 0.237. The highest BCUT2D eigenvalue weighted by Crippen LogP contribution is 2.66. The molecule has 0 amide bonds. The zero-order chi connectivity index (χ0) is 26.2. The summed E-state index contributed by atoms with van der Waals surface area (Å²) in [6.45, 7) is 5.46. The fraction of sp³-hybridized carbons (Fsp3) is 0.312. The van der Waals surface area contributed by atoms with Gasteiger partial charge in [-0.15, -0.1) is 0 Å². The van der Waals surface area contributed by atoms with Gasteiger partial charge in [-0.25, -0.2) is 9.59 Å². The fourth-order valence-corrected chi connectivity index (χ4v) is 5.43. The predicted octanol–water partition coefficient (Wildman–Crippen LogP) is 5.42. The zero-order valence-electron chi connectivity index (χ0n) is 21.5.